The van der Waals surface area contributed by atoms with Crippen LogP contribution in [0.15, 0.2) is 35.7 Å². The average Bonchev–Trinajstić information content (AvgIpc) is 3.54. The molecule has 1 atom stereocenters. The van der Waals surface area contributed by atoms with Crippen LogP contribution >= 0.6 is 22.7 Å². The molecular weight excluding hydrogens is 572 g/mol. The fourth-order valence-electron chi connectivity index (χ4n) is 3.91. The number of thiophene rings is 1. The molecule has 0 spiro atoms. The first kappa shape index (κ1) is 31.9. The fourth-order valence-corrected chi connectivity index (χ4v) is 6.36. The number of carboxylic acid groups (broad SMARTS) is 1. The van der Waals surface area contributed by atoms with Crippen LogP contribution in [0, 0.1) is 12.7 Å². The highest BCUT2D eigenvalue weighted by Gasteiger charge is 2.31. The molecule has 3 aromatic rings. The average molecular weight is 609 g/mol. The quantitative estimate of drug-likeness (QED) is 0.114. The zero-order chi connectivity index (χ0) is 29.3. The summed E-state index contributed by atoms with van der Waals surface area (Å²) in [6.07, 6.45) is 0.160. The summed E-state index contributed by atoms with van der Waals surface area (Å²) in [5.41, 5.74) is 0.0418. The molecule has 2 heterocycles. The van der Waals surface area contributed by atoms with Crippen molar-refractivity contribution in [1.82, 2.24) is 9.88 Å². The number of benzene rings is 1. The van der Waals surface area contributed by atoms with Gasteiger partial charge in [0.1, 0.15) is 23.4 Å². The van der Waals surface area contributed by atoms with Gasteiger partial charge in [0.15, 0.2) is 11.8 Å². The van der Waals surface area contributed by atoms with Gasteiger partial charge in [0.2, 0.25) is 0 Å². The van der Waals surface area contributed by atoms with Crippen LogP contribution in [0.25, 0.3) is 0 Å². The number of carbonyl (C=O) groups is 2. The van der Waals surface area contributed by atoms with Crippen molar-refractivity contribution in [3.63, 3.8) is 0 Å². The van der Waals surface area contributed by atoms with Gasteiger partial charge < -0.3 is 24.2 Å². The molecule has 2 aromatic heterocycles. The zero-order valence-corrected chi connectivity index (χ0v) is 26.2. The van der Waals surface area contributed by atoms with E-state index in [0.717, 1.165) is 12.5 Å². The fraction of sp³-hybridized carbons (Fsp3) is 0.464. The number of halogens is 1. The minimum absolute atomic E-state index is 0.0317. The lowest BCUT2D eigenvalue weighted by molar-refractivity contribution is -0.156. The Kier molecular flexibility index (Phi) is 11.8. The van der Waals surface area contributed by atoms with Gasteiger partial charge in [0.05, 0.1) is 13.7 Å². The molecule has 12 heteroatoms. The summed E-state index contributed by atoms with van der Waals surface area (Å²) in [6, 6.07) is 9.23. The largest absolute Gasteiger partial charge is 0.497 e. The molecule has 0 aliphatic carbocycles. The van der Waals surface area contributed by atoms with E-state index in [4.69, 9.17) is 14.2 Å². The maximum absolute atomic E-state index is 15.2. The number of hydrogen-bond donors (Lipinski definition) is 1. The summed E-state index contributed by atoms with van der Waals surface area (Å²) in [5.74, 6) is -1.87. The molecule has 0 bridgehead atoms. The third-order valence-corrected chi connectivity index (χ3v) is 9.74. The van der Waals surface area contributed by atoms with Crippen LogP contribution in [-0.2, 0) is 27.2 Å². The van der Waals surface area contributed by atoms with Gasteiger partial charge in [-0.3, -0.25) is 4.79 Å². The van der Waals surface area contributed by atoms with E-state index < -0.39 is 31.9 Å². The lowest BCUT2D eigenvalue weighted by atomic mass is 10.1. The van der Waals surface area contributed by atoms with Crippen LogP contribution in [0.2, 0.25) is 25.7 Å². The number of carboxylic acids is 1. The number of ether oxygens (including phenoxy) is 3. The van der Waals surface area contributed by atoms with E-state index >= 15 is 4.39 Å². The van der Waals surface area contributed by atoms with Gasteiger partial charge >= 0.3 is 5.97 Å². The third kappa shape index (κ3) is 9.48. The van der Waals surface area contributed by atoms with Gasteiger partial charge in [-0.1, -0.05) is 25.7 Å². The number of aromatic carboxylic acids is 1. The monoisotopic (exact) mass is 608 g/mol. The number of aromatic nitrogens is 1. The molecule has 3 rings (SSSR count). The highest BCUT2D eigenvalue weighted by molar-refractivity contribution is 7.11. The molecule has 40 heavy (non-hydrogen) atoms. The summed E-state index contributed by atoms with van der Waals surface area (Å²) in [5, 5.41) is 11.9. The molecule has 0 aliphatic rings. The van der Waals surface area contributed by atoms with Crippen molar-refractivity contribution in [2.45, 2.75) is 58.1 Å². The lowest BCUT2D eigenvalue weighted by Gasteiger charge is -2.27. The van der Waals surface area contributed by atoms with E-state index in [1.165, 1.54) is 35.5 Å². The highest BCUT2D eigenvalue weighted by atomic mass is 32.1. The molecule has 1 aromatic carbocycles. The van der Waals surface area contributed by atoms with Crippen LogP contribution in [-0.4, -0.2) is 62.0 Å². The normalized spacial score (nSPS) is 12.3. The molecular formula is C28H37FN2O6S2Si. The minimum atomic E-state index is -1.33. The maximum Gasteiger partial charge on any atom is 0.355 e. The molecule has 0 fully saturated rings. The van der Waals surface area contributed by atoms with Crippen molar-refractivity contribution in [2.75, 3.05) is 27.1 Å². The number of methoxy groups -OCH3 is 1. The van der Waals surface area contributed by atoms with E-state index in [-0.39, 0.29) is 24.6 Å². The first-order chi connectivity index (χ1) is 19.0. The molecule has 0 radical (unpaired) electrons. The Morgan fingerprint density at radius 2 is 2.00 bits per heavy atom. The Balaban J connectivity index is 1.85. The van der Waals surface area contributed by atoms with Crippen LogP contribution in [0.3, 0.4) is 0 Å². The van der Waals surface area contributed by atoms with Crippen LogP contribution in [0.1, 0.15) is 43.3 Å². The number of thiazole rings is 1. The molecule has 0 saturated carbocycles. The summed E-state index contributed by atoms with van der Waals surface area (Å²) in [4.78, 5) is 33.1. The predicted octanol–water partition coefficient (Wildman–Crippen LogP) is 6.39. The van der Waals surface area contributed by atoms with E-state index in [2.05, 4.69) is 24.6 Å². The highest BCUT2D eigenvalue weighted by Crippen LogP contribution is 2.28. The summed E-state index contributed by atoms with van der Waals surface area (Å²) in [6.45, 7) is 9.14. The Morgan fingerprint density at radius 3 is 2.60 bits per heavy atom. The maximum atomic E-state index is 15.2. The van der Waals surface area contributed by atoms with Crippen molar-refractivity contribution >= 4 is 42.6 Å². The van der Waals surface area contributed by atoms with Gasteiger partial charge in [0.25, 0.3) is 5.91 Å². The molecule has 0 unspecified atom stereocenters. The molecule has 1 amide bonds. The topological polar surface area (TPSA) is 98.2 Å². The van der Waals surface area contributed by atoms with Crippen molar-refractivity contribution in [3.8, 4) is 5.75 Å². The predicted molar refractivity (Wildman–Crippen MR) is 158 cm³/mol. The van der Waals surface area contributed by atoms with Gasteiger partial charge in [-0.15, -0.1) is 22.7 Å². The smallest absolute Gasteiger partial charge is 0.355 e. The first-order valence-electron chi connectivity index (χ1n) is 13.0. The number of hydrogen-bond acceptors (Lipinski definition) is 8. The van der Waals surface area contributed by atoms with Crippen LogP contribution in [0.4, 0.5) is 4.39 Å². The Bertz CT molecular complexity index is 1260. The summed E-state index contributed by atoms with van der Waals surface area (Å²) in [7, 11) is 0.115. The van der Waals surface area contributed by atoms with E-state index in [9.17, 15) is 14.7 Å². The molecule has 0 aliphatic heterocycles. The SMILES string of the molecule is COc1ccc([C@@H](OCOCC[Si](C)(C)C)C(=O)N(CCCc2cccs2)Cc2nc(C(=O)O)c(C)s2)c(F)c1. The van der Waals surface area contributed by atoms with Gasteiger partial charge in [-0.05, 0) is 49.4 Å². The Labute approximate surface area is 243 Å². The molecule has 218 valence electrons. The second-order valence-corrected chi connectivity index (χ2v) is 18.5. The third-order valence-electron chi connectivity index (χ3n) is 6.14. The Morgan fingerprint density at radius 1 is 1.23 bits per heavy atom. The second kappa shape index (κ2) is 14.8. The Hall–Kier alpha value is -2.64. The lowest BCUT2D eigenvalue weighted by Crippen LogP contribution is -2.37. The van der Waals surface area contributed by atoms with Crippen LogP contribution < -0.4 is 4.74 Å². The van der Waals surface area contributed by atoms with Crippen LogP contribution in [0.5, 0.6) is 5.75 Å². The first-order valence-corrected chi connectivity index (χ1v) is 18.4. The van der Waals surface area contributed by atoms with Gasteiger partial charge in [-0.2, -0.15) is 0 Å². The zero-order valence-electron chi connectivity index (χ0n) is 23.6. The van der Waals surface area contributed by atoms with E-state index in [1.54, 1.807) is 29.2 Å². The minimum Gasteiger partial charge on any atom is -0.497 e. The standard InChI is InChI=1S/C28H37FN2O6S2Si/c1-19-25(28(33)34)30-24(39-19)17-31(12-6-8-21-9-7-14-38-21)27(32)26(37-18-36-13-15-40(3,4)5)22-11-10-20(35-2)16-23(22)29/h7,9-11,14,16,26H,6,8,12-13,15,17-18H2,1-5H3,(H,33,34)/t26-/m1/s1. The summed E-state index contributed by atoms with van der Waals surface area (Å²) < 4.78 is 31.9. The number of carbonyl (C=O) groups excluding carboxylic acids is 1. The van der Waals surface area contributed by atoms with E-state index in [1.807, 2.05) is 17.5 Å². The van der Waals surface area contributed by atoms with Crippen molar-refractivity contribution in [3.05, 3.63) is 67.5 Å². The molecule has 8 nitrogen and oxygen atoms in total. The van der Waals surface area contributed by atoms with Crippen molar-refractivity contribution in [1.29, 1.82) is 0 Å². The van der Waals surface area contributed by atoms with E-state index in [0.29, 0.717) is 35.2 Å². The number of rotatable bonds is 16. The number of nitrogens with zero attached hydrogens (tertiary/aromatic N) is 2. The molecule has 1 N–H and O–H groups in total. The second-order valence-electron chi connectivity index (χ2n) is 10.5. The van der Waals surface area contributed by atoms with Gasteiger partial charge in [-0.25, -0.2) is 14.2 Å². The summed E-state index contributed by atoms with van der Waals surface area (Å²) >= 11 is 2.87. The van der Waals surface area contributed by atoms with Crippen molar-refractivity contribution < 1.29 is 33.3 Å². The van der Waals surface area contributed by atoms with Gasteiger partial charge in [0, 0.05) is 42.6 Å². The number of amides is 1. The molecule has 0 saturated heterocycles. The number of aryl methyl sites for hydroxylation is 2. The van der Waals surface area contributed by atoms with Crippen molar-refractivity contribution in [2.24, 2.45) is 0 Å².